The van der Waals surface area contributed by atoms with Gasteiger partial charge < -0.3 is 10.0 Å². The van der Waals surface area contributed by atoms with Crippen LogP contribution in [-0.2, 0) is 10.0 Å². The molecule has 22 heavy (non-hydrogen) atoms. The van der Waals surface area contributed by atoms with Gasteiger partial charge in [-0.25, -0.2) is 12.7 Å². The lowest BCUT2D eigenvalue weighted by Crippen LogP contribution is -2.47. The standard InChI is InChI=1S/C15H22N2O4S/c1-11-4-5-13(14(18)10-11)15(19)17-8-6-12(7-9-17)16(2)22(3,20)21/h4-5,10,12,18H,6-9H2,1-3H3. The van der Waals surface area contributed by atoms with E-state index >= 15 is 0 Å². The fourth-order valence-corrected chi connectivity index (χ4v) is 3.45. The third-order valence-electron chi connectivity index (χ3n) is 4.17. The maximum atomic E-state index is 12.4. The van der Waals surface area contributed by atoms with E-state index < -0.39 is 10.0 Å². The molecule has 1 aliphatic rings. The third kappa shape index (κ3) is 3.59. The lowest BCUT2D eigenvalue weighted by Gasteiger charge is -2.35. The monoisotopic (exact) mass is 326 g/mol. The number of nitrogens with zero attached hydrogens (tertiary/aromatic N) is 2. The molecule has 1 N–H and O–H groups in total. The van der Waals surface area contributed by atoms with Crippen molar-refractivity contribution in [1.82, 2.24) is 9.21 Å². The summed E-state index contributed by atoms with van der Waals surface area (Å²) in [4.78, 5) is 14.1. The average Bonchev–Trinajstić information content (AvgIpc) is 2.45. The summed E-state index contributed by atoms with van der Waals surface area (Å²) < 4.78 is 24.5. The van der Waals surface area contributed by atoms with E-state index in [1.807, 2.05) is 6.92 Å². The Morgan fingerprint density at radius 3 is 2.41 bits per heavy atom. The van der Waals surface area contributed by atoms with Crippen LogP contribution in [0.1, 0.15) is 28.8 Å². The first-order valence-electron chi connectivity index (χ1n) is 7.22. The molecule has 2 rings (SSSR count). The van der Waals surface area contributed by atoms with Gasteiger partial charge in [-0.05, 0) is 37.5 Å². The van der Waals surface area contributed by atoms with E-state index in [4.69, 9.17) is 0 Å². The number of aryl methyl sites for hydroxylation is 1. The summed E-state index contributed by atoms with van der Waals surface area (Å²) in [7, 11) is -1.64. The van der Waals surface area contributed by atoms with E-state index in [9.17, 15) is 18.3 Å². The zero-order valence-corrected chi connectivity index (χ0v) is 13.9. The van der Waals surface area contributed by atoms with Crippen molar-refractivity contribution in [2.45, 2.75) is 25.8 Å². The van der Waals surface area contributed by atoms with Gasteiger partial charge >= 0.3 is 0 Å². The van der Waals surface area contributed by atoms with Crippen LogP contribution < -0.4 is 0 Å². The topological polar surface area (TPSA) is 77.9 Å². The maximum Gasteiger partial charge on any atom is 0.257 e. The number of hydrogen-bond acceptors (Lipinski definition) is 4. The van der Waals surface area contributed by atoms with Crippen molar-refractivity contribution in [2.75, 3.05) is 26.4 Å². The molecule has 0 aromatic heterocycles. The van der Waals surface area contributed by atoms with Crippen molar-refractivity contribution in [3.63, 3.8) is 0 Å². The van der Waals surface area contributed by atoms with Crippen molar-refractivity contribution in [3.8, 4) is 5.75 Å². The fourth-order valence-electron chi connectivity index (χ4n) is 2.70. The number of piperidine rings is 1. The molecule has 1 heterocycles. The molecule has 6 nitrogen and oxygen atoms in total. The summed E-state index contributed by atoms with van der Waals surface area (Å²) in [5.41, 5.74) is 1.18. The average molecular weight is 326 g/mol. The van der Waals surface area contributed by atoms with Crippen molar-refractivity contribution in [3.05, 3.63) is 29.3 Å². The van der Waals surface area contributed by atoms with Gasteiger partial charge in [0.1, 0.15) is 5.75 Å². The van der Waals surface area contributed by atoms with Gasteiger partial charge in [-0.3, -0.25) is 4.79 Å². The van der Waals surface area contributed by atoms with Crippen LogP contribution in [-0.4, -0.2) is 61.1 Å². The molecule has 1 fully saturated rings. The molecule has 7 heteroatoms. The van der Waals surface area contributed by atoms with Gasteiger partial charge in [-0.1, -0.05) is 6.07 Å². The van der Waals surface area contributed by atoms with E-state index in [0.29, 0.717) is 31.5 Å². The summed E-state index contributed by atoms with van der Waals surface area (Å²) in [6, 6.07) is 4.90. The first-order valence-corrected chi connectivity index (χ1v) is 9.07. The van der Waals surface area contributed by atoms with Crippen LogP contribution in [0.2, 0.25) is 0 Å². The van der Waals surface area contributed by atoms with E-state index in [0.717, 1.165) is 5.56 Å². The number of amides is 1. The summed E-state index contributed by atoms with van der Waals surface area (Å²) in [5, 5.41) is 9.90. The number of phenolic OH excluding ortho intramolecular Hbond substituents is 1. The minimum absolute atomic E-state index is 0.0135. The molecule has 0 bridgehead atoms. The number of carbonyl (C=O) groups is 1. The fraction of sp³-hybridized carbons (Fsp3) is 0.533. The zero-order valence-electron chi connectivity index (χ0n) is 13.1. The summed E-state index contributed by atoms with van der Waals surface area (Å²) in [5.74, 6) is -0.224. The van der Waals surface area contributed by atoms with Crippen molar-refractivity contribution >= 4 is 15.9 Å². The van der Waals surface area contributed by atoms with Gasteiger partial charge in [0, 0.05) is 26.2 Å². The van der Waals surface area contributed by atoms with Crippen LogP contribution in [0.25, 0.3) is 0 Å². The predicted molar refractivity (Wildman–Crippen MR) is 84.4 cm³/mol. The molecule has 0 radical (unpaired) electrons. The third-order valence-corrected chi connectivity index (χ3v) is 5.52. The molecular weight excluding hydrogens is 304 g/mol. The predicted octanol–water partition coefficient (Wildman–Crippen LogP) is 1.20. The van der Waals surface area contributed by atoms with Gasteiger partial charge in [0.05, 0.1) is 11.8 Å². The Labute approximate surface area is 131 Å². The van der Waals surface area contributed by atoms with Crippen molar-refractivity contribution in [1.29, 1.82) is 0 Å². The van der Waals surface area contributed by atoms with Crippen LogP contribution in [0.15, 0.2) is 18.2 Å². The Balaban J connectivity index is 2.04. The van der Waals surface area contributed by atoms with Crippen LogP contribution in [0.3, 0.4) is 0 Å². The number of sulfonamides is 1. The van der Waals surface area contributed by atoms with Gasteiger partial charge in [0.25, 0.3) is 5.91 Å². The van der Waals surface area contributed by atoms with Gasteiger partial charge in [0.2, 0.25) is 10.0 Å². The van der Waals surface area contributed by atoms with E-state index in [1.54, 1.807) is 30.1 Å². The summed E-state index contributed by atoms with van der Waals surface area (Å²) in [6.45, 7) is 2.81. The lowest BCUT2D eigenvalue weighted by atomic mass is 10.0. The van der Waals surface area contributed by atoms with E-state index in [-0.39, 0.29) is 17.7 Å². The maximum absolute atomic E-state index is 12.4. The first-order chi connectivity index (χ1) is 10.2. The minimum Gasteiger partial charge on any atom is -0.507 e. The molecule has 0 atom stereocenters. The minimum atomic E-state index is -3.21. The quantitative estimate of drug-likeness (QED) is 0.905. The highest BCUT2D eigenvalue weighted by atomic mass is 32.2. The SMILES string of the molecule is Cc1ccc(C(=O)N2CCC(N(C)S(C)(=O)=O)CC2)c(O)c1. The van der Waals surface area contributed by atoms with E-state index in [2.05, 4.69) is 0 Å². The Hall–Kier alpha value is -1.60. The Morgan fingerprint density at radius 2 is 1.91 bits per heavy atom. The van der Waals surface area contributed by atoms with Crippen LogP contribution in [0, 0.1) is 6.92 Å². The Kier molecular flexibility index (Phi) is 4.77. The first kappa shape index (κ1) is 16.8. The molecule has 1 amide bonds. The molecule has 1 saturated heterocycles. The number of phenols is 1. The highest BCUT2D eigenvalue weighted by molar-refractivity contribution is 7.88. The molecule has 1 aromatic carbocycles. The second-order valence-electron chi connectivity index (χ2n) is 5.82. The zero-order chi connectivity index (χ0) is 16.5. The number of hydrogen-bond donors (Lipinski definition) is 1. The number of rotatable bonds is 3. The van der Waals surface area contributed by atoms with E-state index in [1.165, 1.54) is 10.6 Å². The van der Waals surface area contributed by atoms with Gasteiger partial charge in [0.15, 0.2) is 0 Å². The van der Waals surface area contributed by atoms with Crippen molar-refractivity contribution in [2.24, 2.45) is 0 Å². The largest absolute Gasteiger partial charge is 0.507 e. The Bertz CT molecular complexity index is 664. The number of benzene rings is 1. The normalized spacial score (nSPS) is 17.0. The lowest BCUT2D eigenvalue weighted by molar-refractivity contribution is 0.0683. The van der Waals surface area contributed by atoms with Crippen LogP contribution in [0.5, 0.6) is 5.75 Å². The highest BCUT2D eigenvalue weighted by Gasteiger charge is 2.30. The highest BCUT2D eigenvalue weighted by Crippen LogP contribution is 2.23. The molecular formula is C15H22N2O4S. The molecule has 0 saturated carbocycles. The summed E-state index contributed by atoms with van der Waals surface area (Å²) >= 11 is 0. The van der Waals surface area contributed by atoms with Crippen LogP contribution >= 0.6 is 0 Å². The molecule has 0 unspecified atom stereocenters. The van der Waals surface area contributed by atoms with Crippen LogP contribution in [0.4, 0.5) is 0 Å². The number of carbonyl (C=O) groups excluding carboxylic acids is 1. The van der Waals surface area contributed by atoms with Gasteiger partial charge in [-0.2, -0.15) is 0 Å². The Morgan fingerprint density at radius 1 is 1.32 bits per heavy atom. The smallest absolute Gasteiger partial charge is 0.257 e. The molecule has 0 aliphatic carbocycles. The second kappa shape index (κ2) is 6.26. The molecule has 122 valence electrons. The molecule has 0 spiro atoms. The summed E-state index contributed by atoms with van der Waals surface area (Å²) in [6.07, 6.45) is 2.39. The number of aromatic hydroxyl groups is 1. The molecule has 1 aliphatic heterocycles. The van der Waals surface area contributed by atoms with Crippen molar-refractivity contribution < 1.29 is 18.3 Å². The second-order valence-corrected chi connectivity index (χ2v) is 7.87. The molecule has 1 aromatic rings. The van der Waals surface area contributed by atoms with Gasteiger partial charge in [-0.15, -0.1) is 0 Å². The number of likely N-dealkylation sites (tertiary alicyclic amines) is 1.